The molecule has 0 amide bonds. The predicted octanol–water partition coefficient (Wildman–Crippen LogP) is 1.68. The number of hydrogen-bond donors (Lipinski definition) is 2. The first kappa shape index (κ1) is 18.4. The molecule has 0 saturated carbocycles. The van der Waals surface area contributed by atoms with Crippen LogP contribution in [-0.2, 0) is 20.9 Å². The Morgan fingerprint density at radius 3 is 2.55 bits per heavy atom. The minimum absolute atomic E-state index is 0.0338. The highest BCUT2D eigenvalue weighted by molar-refractivity contribution is 5.76. The van der Waals surface area contributed by atoms with Gasteiger partial charge in [-0.3, -0.25) is 0 Å². The van der Waals surface area contributed by atoms with Gasteiger partial charge in [-0.1, -0.05) is 43.3 Å². The van der Waals surface area contributed by atoms with E-state index in [1.54, 1.807) is 6.92 Å². The van der Waals surface area contributed by atoms with Crippen LogP contribution in [-0.4, -0.2) is 41.6 Å². The smallest absolute Gasteiger partial charge is 0.335 e. The summed E-state index contributed by atoms with van der Waals surface area (Å²) < 4.78 is 10.2. The molecule has 5 heteroatoms. The average Bonchev–Trinajstić information content (AvgIpc) is 2.54. The van der Waals surface area contributed by atoms with Crippen molar-refractivity contribution in [2.24, 2.45) is 5.41 Å². The Balaban J connectivity index is 2.60. The molecule has 0 aliphatic carbocycles. The second-order valence-corrected chi connectivity index (χ2v) is 5.24. The van der Waals surface area contributed by atoms with E-state index in [0.717, 1.165) is 5.56 Å². The van der Waals surface area contributed by atoms with Crippen LogP contribution in [0, 0.1) is 5.41 Å². The standard InChI is InChI=1S/C17H24O5/c1-4-17(3,15(19)16(20)22-5-2)14(18)12-21-11-13-9-7-6-8-10-13/h4,6-10,14-15,18-19H,1,5,11-12H2,2-3H3/t14?,15?,17-/m1/s1. The molecule has 1 rings (SSSR count). The number of hydrogen-bond acceptors (Lipinski definition) is 5. The van der Waals surface area contributed by atoms with Gasteiger partial charge in [0.15, 0.2) is 6.10 Å². The van der Waals surface area contributed by atoms with Crippen LogP contribution < -0.4 is 0 Å². The van der Waals surface area contributed by atoms with Gasteiger partial charge in [0.05, 0.1) is 31.3 Å². The number of esters is 1. The topological polar surface area (TPSA) is 76.0 Å². The van der Waals surface area contributed by atoms with Crippen molar-refractivity contribution in [3.05, 3.63) is 48.6 Å². The van der Waals surface area contributed by atoms with Crippen LogP contribution in [0.3, 0.4) is 0 Å². The fourth-order valence-corrected chi connectivity index (χ4v) is 1.95. The zero-order valence-corrected chi connectivity index (χ0v) is 13.1. The highest BCUT2D eigenvalue weighted by Gasteiger charge is 2.42. The van der Waals surface area contributed by atoms with E-state index in [2.05, 4.69) is 6.58 Å². The number of ether oxygens (including phenoxy) is 2. The van der Waals surface area contributed by atoms with Crippen molar-refractivity contribution >= 4 is 5.97 Å². The van der Waals surface area contributed by atoms with Gasteiger partial charge in [-0.25, -0.2) is 4.79 Å². The maximum Gasteiger partial charge on any atom is 0.335 e. The molecule has 0 aliphatic heterocycles. The molecule has 0 radical (unpaired) electrons. The van der Waals surface area contributed by atoms with Gasteiger partial charge in [-0.15, -0.1) is 6.58 Å². The highest BCUT2D eigenvalue weighted by atomic mass is 16.5. The molecule has 122 valence electrons. The highest BCUT2D eigenvalue weighted by Crippen LogP contribution is 2.29. The average molecular weight is 308 g/mol. The van der Waals surface area contributed by atoms with Crippen LogP contribution in [0.2, 0.25) is 0 Å². The molecule has 0 heterocycles. The first-order valence-electron chi connectivity index (χ1n) is 7.23. The maximum atomic E-state index is 11.7. The van der Waals surface area contributed by atoms with Crippen molar-refractivity contribution in [3.63, 3.8) is 0 Å². The Kier molecular flexibility index (Phi) is 7.24. The second kappa shape index (κ2) is 8.68. The molecule has 0 aromatic heterocycles. The Morgan fingerprint density at radius 2 is 2.00 bits per heavy atom. The van der Waals surface area contributed by atoms with Crippen LogP contribution in [0.1, 0.15) is 19.4 Å². The first-order valence-corrected chi connectivity index (χ1v) is 7.23. The van der Waals surface area contributed by atoms with Gasteiger partial charge in [0.1, 0.15) is 0 Å². The number of aliphatic hydroxyl groups is 2. The zero-order valence-electron chi connectivity index (χ0n) is 13.1. The SMILES string of the molecule is C=C[C@](C)(C(O)COCc1ccccc1)C(O)C(=O)OCC. The van der Waals surface area contributed by atoms with Gasteiger partial charge in [0, 0.05) is 0 Å². The van der Waals surface area contributed by atoms with Gasteiger partial charge in [0.25, 0.3) is 0 Å². The van der Waals surface area contributed by atoms with Crippen LogP contribution in [0.4, 0.5) is 0 Å². The lowest BCUT2D eigenvalue weighted by molar-refractivity contribution is -0.164. The maximum absolute atomic E-state index is 11.7. The molecular weight excluding hydrogens is 284 g/mol. The number of carbonyl (C=O) groups is 1. The summed E-state index contributed by atoms with van der Waals surface area (Å²) in [6.45, 7) is 7.24. The minimum Gasteiger partial charge on any atom is -0.464 e. The van der Waals surface area contributed by atoms with E-state index < -0.39 is 23.6 Å². The molecular formula is C17H24O5. The molecule has 1 aromatic carbocycles. The molecule has 3 atom stereocenters. The Hall–Kier alpha value is -1.69. The Bertz CT molecular complexity index is 473. The zero-order chi connectivity index (χ0) is 16.6. The number of aliphatic hydroxyl groups excluding tert-OH is 2. The van der Waals surface area contributed by atoms with Gasteiger partial charge in [-0.05, 0) is 12.5 Å². The lowest BCUT2D eigenvalue weighted by atomic mass is 9.79. The third-order valence-corrected chi connectivity index (χ3v) is 3.64. The molecule has 22 heavy (non-hydrogen) atoms. The summed E-state index contributed by atoms with van der Waals surface area (Å²) in [5.74, 6) is -0.785. The van der Waals surface area contributed by atoms with Crippen molar-refractivity contribution in [1.82, 2.24) is 0 Å². The van der Waals surface area contributed by atoms with Crippen molar-refractivity contribution in [1.29, 1.82) is 0 Å². The Morgan fingerprint density at radius 1 is 1.36 bits per heavy atom. The molecule has 2 unspecified atom stereocenters. The molecule has 0 spiro atoms. The van der Waals surface area contributed by atoms with Gasteiger partial charge >= 0.3 is 5.97 Å². The van der Waals surface area contributed by atoms with Crippen LogP contribution >= 0.6 is 0 Å². The summed E-state index contributed by atoms with van der Waals surface area (Å²) in [6.07, 6.45) is -1.24. The number of rotatable bonds is 9. The minimum atomic E-state index is -1.50. The number of benzene rings is 1. The molecule has 0 aliphatic rings. The third kappa shape index (κ3) is 4.66. The van der Waals surface area contributed by atoms with Crippen LogP contribution in [0.15, 0.2) is 43.0 Å². The van der Waals surface area contributed by atoms with Crippen LogP contribution in [0.5, 0.6) is 0 Å². The van der Waals surface area contributed by atoms with Crippen molar-refractivity contribution in [2.45, 2.75) is 32.7 Å². The van der Waals surface area contributed by atoms with Gasteiger partial charge in [-0.2, -0.15) is 0 Å². The van der Waals surface area contributed by atoms with E-state index in [-0.39, 0.29) is 13.2 Å². The van der Waals surface area contributed by atoms with Gasteiger partial charge < -0.3 is 19.7 Å². The molecule has 0 saturated heterocycles. The van der Waals surface area contributed by atoms with Crippen molar-refractivity contribution in [3.8, 4) is 0 Å². The predicted molar refractivity (Wildman–Crippen MR) is 83.0 cm³/mol. The normalized spacial score (nSPS) is 16.4. The van der Waals surface area contributed by atoms with E-state index in [1.807, 2.05) is 30.3 Å². The molecule has 2 N–H and O–H groups in total. The molecule has 1 aromatic rings. The van der Waals surface area contributed by atoms with Crippen molar-refractivity contribution in [2.75, 3.05) is 13.2 Å². The lowest BCUT2D eigenvalue weighted by Crippen LogP contribution is -2.48. The van der Waals surface area contributed by atoms with E-state index in [9.17, 15) is 15.0 Å². The monoisotopic (exact) mass is 308 g/mol. The van der Waals surface area contributed by atoms with Gasteiger partial charge in [0.2, 0.25) is 0 Å². The quantitative estimate of drug-likeness (QED) is 0.536. The summed E-state index contributed by atoms with van der Waals surface area (Å²) in [5, 5.41) is 20.4. The molecule has 5 nitrogen and oxygen atoms in total. The lowest BCUT2D eigenvalue weighted by Gasteiger charge is -2.34. The van der Waals surface area contributed by atoms with E-state index >= 15 is 0 Å². The fourth-order valence-electron chi connectivity index (χ4n) is 1.95. The van der Waals surface area contributed by atoms with Crippen molar-refractivity contribution < 1.29 is 24.5 Å². The first-order chi connectivity index (χ1) is 10.5. The summed E-state index contributed by atoms with van der Waals surface area (Å²) in [4.78, 5) is 11.7. The summed E-state index contributed by atoms with van der Waals surface area (Å²) in [5.41, 5.74) is -0.274. The summed E-state index contributed by atoms with van der Waals surface area (Å²) in [7, 11) is 0. The largest absolute Gasteiger partial charge is 0.464 e. The number of carbonyl (C=O) groups excluding carboxylic acids is 1. The Labute approximate surface area is 131 Å². The second-order valence-electron chi connectivity index (χ2n) is 5.24. The summed E-state index contributed by atoms with van der Waals surface area (Å²) in [6, 6.07) is 9.52. The van der Waals surface area contributed by atoms with E-state index in [0.29, 0.717) is 6.61 Å². The van der Waals surface area contributed by atoms with E-state index in [4.69, 9.17) is 9.47 Å². The third-order valence-electron chi connectivity index (χ3n) is 3.64. The molecule has 0 fully saturated rings. The molecule has 0 bridgehead atoms. The van der Waals surface area contributed by atoms with E-state index in [1.165, 1.54) is 13.0 Å². The fraction of sp³-hybridized carbons (Fsp3) is 0.471. The summed E-state index contributed by atoms with van der Waals surface area (Å²) >= 11 is 0. The van der Waals surface area contributed by atoms with Crippen LogP contribution in [0.25, 0.3) is 0 Å².